The number of carbonyl (C=O) groups excluding carboxylic acids is 1. The summed E-state index contributed by atoms with van der Waals surface area (Å²) in [5.41, 5.74) is 1.51. The molecule has 0 bridgehead atoms. The number of nitrogens with zero attached hydrogens (tertiary/aromatic N) is 3. The van der Waals surface area contributed by atoms with E-state index in [0.29, 0.717) is 0 Å². The second kappa shape index (κ2) is 9.04. The zero-order valence-corrected chi connectivity index (χ0v) is 18.8. The molecule has 2 aromatic carbocycles. The topological polar surface area (TPSA) is 26.8 Å². The lowest BCUT2D eigenvalue weighted by molar-refractivity contribution is -0.133. The van der Waals surface area contributed by atoms with Gasteiger partial charge in [-0.05, 0) is 37.2 Å². The number of rotatable bonds is 6. The summed E-state index contributed by atoms with van der Waals surface area (Å²) in [6.07, 6.45) is 0.791. The summed E-state index contributed by atoms with van der Waals surface area (Å²) in [6.45, 7) is 5.42. The third kappa shape index (κ3) is 4.44. The van der Waals surface area contributed by atoms with Crippen LogP contribution in [0.2, 0.25) is 0 Å². The molecule has 1 heterocycles. The largest absolute Gasteiger partial charge is 0.388 e. The van der Waals surface area contributed by atoms with Gasteiger partial charge in [-0.15, -0.1) is 0 Å². The second-order valence-electron chi connectivity index (χ2n) is 7.73. The van der Waals surface area contributed by atoms with Crippen molar-refractivity contribution < 1.29 is 4.79 Å². The molecule has 1 aliphatic rings. The van der Waals surface area contributed by atoms with E-state index in [0.717, 1.165) is 66.8 Å². The highest BCUT2D eigenvalue weighted by Crippen LogP contribution is 2.37. The Bertz CT molecular complexity index is 688. The zero-order chi connectivity index (χ0) is 19.3. The molecule has 5 heteroatoms. The van der Waals surface area contributed by atoms with Gasteiger partial charge < -0.3 is 13.7 Å². The third-order valence-electron chi connectivity index (χ3n) is 5.70. The molecule has 1 fully saturated rings. The minimum absolute atomic E-state index is 0.154. The van der Waals surface area contributed by atoms with Crippen LogP contribution in [0, 0.1) is 0 Å². The van der Waals surface area contributed by atoms with Gasteiger partial charge in [0, 0.05) is 27.2 Å². The average molecular weight is 379 g/mol. The average Bonchev–Trinajstić information content (AvgIpc) is 2.71. The molecule has 0 saturated carbocycles. The highest BCUT2D eigenvalue weighted by molar-refractivity contribution is 6.04. The van der Waals surface area contributed by atoms with Crippen LogP contribution in [0.5, 0.6) is 0 Å². The summed E-state index contributed by atoms with van der Waals surface area (Å²) in [4.78, 5) is 17.9. The van der Waals surface area contributed by atoms with Gasteiger partial charge in [-0.1, -0.05) is 60.7 Å². The Morgan fingerprint density at radius 1 is 0.926 bits per heavy atom. The predicted molar refractivity (Wildman–Crippen MR) is 114 cm³/mol. The SMILES string of the molecule is CN(C)C(=O)C(CCN1CC[N]([AlH2])CC1)(c1ccccc1)c1ccccc1. The number of likely N-dealkylation sites (N-methyl/N-ethyl adjacent to an activating group) is 1. The molecular weight excluding hydrogens is 349 g/mol. The highest BCUT2D eigenvalue weighted by Gasteiger charge is 2.43. The van der Waals surface area contributed by atoms with Crippen LogP contribution in [0.25, 0.3) is 0 Å². The number of benzene rings is 2. The van der Waals surface area contributed by atoms with E-state index in [1.54, 1.807) is 4.90 Å². The second-order valence-corrected chi connectivity index (χ2v) is 9.00. The van der Waals surface area contributed by atoms with Gasteiger partial charge in [0.25, 0.3) is 0 Å². The molecule has 1 aliphatic heterocycles. The van der Waals surface area contributed by atoms with Crippen molar-refractivity contribution in [3.63, 3.8) is 0 Å². The fourth-order valence-corrected chi connectivity index (χ4v) is 4.43. The molecule has 0 N–H and O–H groups in total. The van der Waals surface area contributed by atoms with Crippen molar-refractivity contribution in [3.8, 4) is 0 Å². The van der Waals surface area contributed by atoms with E-state index in [1.807, 2.05) is 50.5 Å². The molecule has 0 spiro atoms. The number of amides is 1. The number of carbonyl (C=O) groups is 1. The van der Waals surface area contributed by atoms with Gasteiger partial charge in [0.05, 0.1) is 0 Å². The van der Waals surface area contributed by atoms with Crippen molar-refractivity contribution in [1.82, 2.24) is 13.7 Å². The van der Waals surface area contributed by atoms with E-state index in [9.17, 15) is 4.79 Å². The summed E-state index contributed by atoms with van der Waals surface area (Å²) in [5, 5.41) is 0. The molecular formula is C22H30AlN3O. The molecule has 4 nitrogen and oxygen atoms in total. The molecule has 0 radical (unpaired) electrons. The quantitative estimate of drug-likeness (QED) is 0.714. The minimum Gasteiger partial charge on any atom is -0.388 e. The lowest BCUT2D eigenvalue weighted by Gasteiger charge is -2.39. The molecule has 0 atom stereocenters. The number of hydrogen-bond donors (Lipinski definition) is 0. The fourth-order valence-electron chi connectivity index (χ4n) is 4.03. The van der Waals surface area contributed by atoms with Crippen molar-refractivity contribution in [3.05, 3.63) is 71.8 Å². The molecule has 0 aromatic heterocycles. The molecule has 0 unspecified atom stereocenters. The van der Waals surface area contributed by atoms with E-state index >= 15 is 0 Å². The first kappa shape index (κ1) is 20.1. The van der Waals surface area contributed by atoms with Gasteiger partial charge in [-0.2, -0.15) is 0 Å². The molecule has 2 aromatic rings. The maximum Gasteiger partial charge on any atom is 0.321 e. The van der Waals surface area contributed by atoms with Gasteiger partial charge >= 0.3 is 16.5 Å². The smallest absolute Gasteiger partial charge is 0.321 e. The Morgan fingerprint density at radius 3 is 1.85 bits per heavy atom. The molecule has 142 valence electrons. The molecule has 27 heavy (non-hydrogen) atoms. The first-order valence-corrected chi connectivity index (χ1v) is 10.7. The summed E-state index contributed by atoms with van der Waals surface area (Å²) in [7, 11) is 3.73. The Balaban J connectivity index is 1.99. The van der Waals surface area contributed by atoms with E-state index in [-0.39, 0.29) is 5.91 Å². The number of piperazine rings is 1. The van der Waals surface area contributed by atoms with Crippen molar-refractivity contribution in [2.24, 2.45) is 0 Å². The van der Waals surface area contributed by atoms with E-state index < -0.39 is 5.41 Å². The standard InChI is InChI=1S/C22H28N3O.Al.2H/c1-24(2)21(26)22(19-9-5-3-6-10-19,20-11-7-4-8-12-20)13-16-25-17-14-23-15-18-25;;;/h3-12H,13-18H2,1-2H3;;;/q-1;+1;;. The minimum atomic E-state index is -0.649. The normalized spacial score (nSPS) is 16.2. The monoisotopic (exact) mass is 379 g/mol. The van der Waals surface area contributed by atoms with Crippen LogP contribution in [-0.4, -0.2) is 82.9 Å². The molecule has 1 saturated heterocycles. The Labute approximate surface area is 171 Å². The summed E-state index contributed by atoms with van der Waals surface area (Å²) >= 11 is 1.14. The highest BCUT2D eigenvalue weighted by atomic mass is 27.1. The van der Waals surface area contributed by atoms with Crippen molar-refractivity contribution >= 4 is 22.4 Å². The van der Waals surface area contributed by atoms with Crippen LogP contribution < -0.4 is 0 Å². The summed E-state index contributed by atoms with van der Waals surface area (Å²) < 4.78 is 2.50. The molecule has 1 amide bonds. The van der Waals surface area contributed by atoms with Crippen LogP contribution in [0.15, 0.2) is 60.7 Å². The first-order valence-electron chi connectivity index (χ1n) is 9.78. The van der Waals surface area contributed by atoms with E-state index in [4.69, 9.17) is 0 Å². The van der Waals surface area contributed by atoms with Gasteiger partial charge in [0.15, 0.2) is 0 Å². The lowest BCUT2D eigenvalue weighted by Crippen LogP contribution is -2.50. The van der Waals surface area contributed by atoms with E-state index in [2.05, 4.69) is 33.0 Å². The van der Waals surface area contributed by atoms with Crippen LogP contribution in [0.3, 0.4) is 0 Å². The lowest BCUT2D eigenvalue weighted by atomic mass is 9.70. The summed E-state index contributed by atoms with van der Waals surface area (Å²) in [6, 6.07) is 20.6. The summed E-state index contributed by atoms with van der Waals surface area (Å²) in [5.74, 6) is 0.154. The molecule has 3 rings (SSSR count). The zero-order valence-electron chi connectivity index (χ0n) is 16.8. The van der Waals surface area contributed by atoms with Gasteiger partial charge in [-0.25, -0.2) is 0 Å². The molecule has 0 aliphatic carbocycles. The Hall–Kier alpha value is -1.64. The van der Waals surface area contributed by atoms with Crippen molar-refractivity contribution in [2.75, 3.05) is 46.8 Å². The first-order chi connectivity index (χ1) is 13.0. The Kier molecular flexibility index (Phi) is 6.73. The van der Waals surface area contributed by atoms with Crippen molar-refractivity contribution in [1.29, 1.82) is 0 Å². The van der Waals surface area contributed by atoms with Gasteiger partial charge in [0.1, 0.15) is 5.41 Å². The third-order valence-corrected chi connectivity index (χ3v) is 6.60. The van der Waals surface area contributed by atoms with Crippen molar-refractivity contribution in [2.45, 2.75) is 11.8 Å². The predicted octanol–water partition coefficient (Wildman–Crippen LogP) is 1.62. The maximum atomic E-state index is 13.6. The van der Waals surface area contributed by atoms with Crippen LogP contribution >= 0.6 is 0 Å². The van der Waals surface area contributed by atoms with Gasteiger partial charge in [-0.3, -0.25) is 4.79 Å². The van der Waals surface area contributed by atoms with Crippen LogP contribution in [0.4, 0.5) is 0 Å². The van der Waals surface area contributed by atoms with Gasteiger partial charge in [0.2, 0.25) is 5.91 Å². The maximum absolute atomic E-state index is 13.6. The number of hydrogen-bond acceptors (Lipinski definition) is 3. The fraction of sp³-hybridized carbons (Fsp3) is 0.409. The van der Waals surface area contributed by atoms with Crippen LogP contribution in [0.1, 0.15) is 17.5 Å². The van der Waals surface area contributed by atoms with Crippen LogP contribution in [-0.2, 0) is 10.2 Å². The van der Waals surface area contributed by atoms with E-state index in [1.165, 1.54) is 0 Å². The Morgan fingerprint density at radius 2 is 1.41 bits per heavy atom.